The first-order valence-electron chi connectivity index (χ1n) is 11.2. The van der Waals surface area contributed by atoms with Crippen molar-refractivity contribution in [1.29, 1.82) is 0 Å². The van der Waals surface area contributed by atoms with Crippen LogP contribution in [0.5, 0.6) is 5.75 Å². The molecule has 2 aromatic heterocycles. The summed E-state index contributed by atoms with van der Waals surface area (Å²) in [6, 6.07) is 5.35. The Morgan fingerprint density at radius 1 is 1.12 bits per heavy atom. The van der Waals surface area contributed by atoms with Gasteiger partial charge in [-0.05, 0) is 50.5 Å². The van der Waals surface area contributed by atoms with Crippen LogP contribution in [0.25, 0.3) is 23.3 Å². The largest absolute Gasteiger partial charge is 0.489 e. The summed E-state index contributed by atoms with van der Waals surface area (Å²) < 4.78 is 33.5. The molecule has 1 fully saturated rings. The van der Waals surface area contributed by atoms with Crippen molar-refractivity contribution in [3.05, 3.63) is 55.4 Å². The topological polar surface area (TPSA) is 105 Å². The summed E-state index contributed by atoms with van der Waals surface area (Å²) in [5.74, 6) is 1.30. The van der Waals surface area contributed by atoms with Crippen LogP contribution in [0.1, 0.15) is 38.1 Å². The maximum atomic E-state index is 12.8. The van der Waals surface area contributed by atoms with E-state index in [1.54, 1.807) is 36.7 Å². The SMILES string of the molecule is CCn1c(=O)c2c(nc(C=Cc3ccc(OC4CCS(=O)(=O)CC4)c(Cl)c3)n2C)n(CC)c1=O. The molecule has 11 heteroatoms. The van der Waals surface area contributed by atoms with Crippen LogP contribution in [0, 0.1) is 0 Å². The first-order valence-corrected chi connectivity index (χ1v) is 13.4. The number of rotatable bonds is 6. The molecule has 0 unspecified atom stereocenters. The minimum Gasteiger partial charge on any atom is -0.489 e. The van der Waals surface area contributed by atoms with Gasteiger partial charge in [-0.25, -0.2) is 18.2 Å². The molecular formula is C23H27ClN4O5S. The predicted octanol–water partition coefficient (Wildman–Crippen LogP) is 2.72. The highest BCUT2D eigenvalue weighted by atomic mass is 35.5. The van der Waals surface area contributed by atoms with Gasteiger partial charge in [-0.15, -0.1) is 0 Å². The number of nitrogens with zero attached hydrogens (tertiary/aromatic N) is 4. The molecule has 0 amide bonds. The molecule has 1 aliphatic rings. The van der Waals surface area contributed by atoms with Crippen molar-refractivity contribution < 1.29 is 13.2 Å². The van der Waals surface area contributed by atoms with E-state index in [2.05, 4.69) is 4.98 Å². The molecule has 1 aromatic carbocycles. The van der Waals surface area contributed by atoms with Crippen LogP contribution in [0.4, 0.5) is 0 Å². The lowest BCUT2D eigenvalue weighted by atomic mass is 10.2. The smallest absolute Gasteiger partial charge is 0.332 e. The first kappa shape index (κ1) is 24.3. The number of hydrogen-bond donors (Lipinski definition) is 0. The van der Waals surface area contributed by atoms with Gasteiger partial charge in [0.2, 0.25) is 0 Å². The number of hydrogen-bond acceptors (Lipinski definition) is 6. The van der Waals surface area contributed by atoms with Crippen molar-refractivity contribution in [2.24, 2.45) is 7.05 Å². The lowest BCUT2D eigenvalue weighted by Gasteiger charge is -2.23. The second-order valence-corrected chi connectivity index (χ2v) is 11.0. The zero-order chi connectivity index (χ0) is 24.6. The van der Waals surface area contributed by atoms with E-state index in [4.69, 9.17) is 16.3 Å². The van der Waals surface area contributed by atoms with Crippen LogP contribution < -0.4 is 16.0 Å². The highest BCUT2D eigenvalue weighted by Crippen LogP contribution is 2.29. The van der Waals surface area contributed by atoms with Gasteiger partial charge in [0.25, 0.3) is 5.56 Å². The van der Waals surface area contributed by atoms with E-state index in [0.717, 1.165) is 5.56 Å². The quantitative estimate of drug-likeness (QED) is 0.509. The molecule has 0 radical (unpaired) electrons. The van der Waals surface area contributed by atoms with Crippen molar-refractivity contribution in [3.63, 3.8) is 0 Å². The Hall–Kier alpha value is -2.85. The molecule has 3 heterocycles. The average Bonchev–Trinajstić information content (AvgIpc) is 3.12. The van der Waals surface area contributed by atoms with Crippen LogP contribution in [-0.2, 0) is 30.0 Å². The van der Waals surface area contributed by atoms with Crippen LogP contribution >= 0.6 is 11.6 Å². The Labute approximate surface area is 202 Å². The van der Waals surface area contributed by atoms with Crippen molar-refractivity contribution in [2.75, 3.05) is 11.5 Å². The fourth-order valence-corrected chi connectivity index (χ4v) is 5.83. The number of ether oxygens (including phenoxy) is 1. The van der Waals surface area contributed by atoms with E-state index >= 15 is 0 Å². The third-order valence-electron chi connectivity index (χ3n) is 6.09. The minimum absolute atomic E-state index is 0.128. The summed E-state index contributed by atoms with van der Waals surface area (Å²) in [7, 11) is -1.21. The molecule has 0 spiro atoms. The second kappa shape index (κ2) is 9.42. The van der Waals surface area contributed by atoms with Gasteiger partial charge in [0.15, 0.2) is 21.0 Å². The summed E-state index contributed by atoms with van der Waals surface area (Å²) in [4.78, 5) is 30.0. The Balaban J connectivity index is 1.60. The third kappa shape index (κ3) is 4.56. The van der Waals surface area contributed by atoms with Crippen molar-refractivity contribution in [2.45, 2.75) is 45.9 Å². The number of aromatic nitrogens is 4. The molecule has 0 N–H and O–H groups in total. The molecule has 0 atom stereocenters. The highest BCUT2D eigenvalue weighted by Gasteiger charge is 2.25. The Bertz CT molecular complexity index is 1490. The first-order chi connectivity index (χ1) is 16.1. The van der Waals surface area contributed by atoms with Gasteiger partial charge >= 0.3 is 5.69 Å². The molecular weight excluding hydrogens is 480 g/mol. The van der Waals surface area contributed by atoms with Crippen molar-refractivity contribution in [1.82, 2.24) is 18.7 Å². The number of fused-ring (bicyclic) bond motifs is 1. The molecule has 3 aromatic rings. The highest BCUT2D eigenvalue weighted by molar-refractivity contribution is 7.91. The Morgan fingerprint density at radius 3 is 2.41 bits per heavy atom. The maximum Gasteiger partial charge on any atom is 0.332 e. The fourth-order valence-electron chi connectivity index (χ4n) is 4.15. The standard InChI is InChI=1S/C23H27ClN4O5S/c1-4-27-21-20(22(29)28(5-2)23(27)30)26(3)19(25-21)9-7-15-6-8-18(17(24)14-15)33-16-10-12-34(31,32)13-11-16/h6-9,14,16H,4-5,10-13H2,1-3H3. The van der Waals surface area contributed by atoms with Crippen molar-refractivity contribution >= 4 is 44.8 Å². The maximum absolute atomic E-state index is 12.8. The number of benzene rings is 1. The molecule has 182 valence electrons. The normalized spacial score (nSPS) is 16.5. The summed E-state index contributed by atoms with van der Waals surface area (Å²) in [6.07, 6.45) is 4.31. The molecule has 0 saturated carbocycles. The fraction of sp³-hybridized carbons (Fsp3) is 0.435. The zero-order valence-corrected chi connectivity index (χ0v) is 20.9. The van der Waals surface area contributed by atoms with Crippen LogP contribution in [-0.4, -0.2) is 44.7 Å². The number of sulfone groups is 1. The van der Waals surface area contributed by atoms with Crippen LogP contribution in [0.3, 0.4) is 0 Å². The molecule has 4 rings (SSSR count). The lowest BCUT2D eigenvalue weighted by molar-refractivity contribution is 0.190. The Kier molecular flexibility index (Phi) is 6.73. The second-order valence-electron chi connectivity index (χ2n) is 8.27. The van der Waals surface area contributed by atoms with E-state index in [1.165, 1.54) is 9.13 Å². The van der Waals surface area contributed by atoms with E-state index in [-0.39, 0.29) is 35.4 Å². The summed E-state index contributed by atoms with van der Waals surface area (Å²) in [5, 5.41) is 0.422. The molecule has 34 heavy (non-hydrogen) atoms. The van der Waals surface area contributed by atoms with Crippen LogP contribution in [0.15, 0.2) is 27.8 Å². The van der Waals surface area contributed by atoms with Gasteiger partial charge in [0, 0.05) is 20.1 Å². The molecule has 0 aliphatic carbocycles. The minimum atomic E-state index is -2.96. The van der Waals surface area contributed by atoms with E-state index in [9.17, 15) is 18.0 Å². The van der Waals surface area contributed by atoms with Gasteiger partial charge in [-0.2, -0.15) is 0 Å². The molecule has 1 saturated heterocycles. The van der Waals surface area contributed by atoms with Gasteiger partial charge < -0.3 is 9.30 Å². The van der Waals surface area contributed by atoms with Crippen LogP contribution in [0.2, 0.25) is 5.02 Å². The number of halogens is 1. The van der Waals surface area contributed by atoms with E-state index in [0.29, 0.717) is 47.1 Å². The Morgan fingerprint density at radius 2 is 1.79 bits per heavy atom. The van der Waals surface area contributed by atoms with Gasteiger partial charge in [0.1, 0.15) is 17.7 Å². The predicted molar refractivity (Wildman–Crippen MR) is 133 cm³/mol. The molecule has 9 nitrogen and oxygen atoms in total. The van der Waals surface area contributed by atoms with Gasteiger partial charge in [0.05, 0.1) is 16.5 Å². The van der Waals surface area contributed by atoms with E-state index in [1.807, 2.05) is 19.1 Å². The van der Waals surface area contributed by atoms with Gasteiger partial charge in [-0.1, -0.05) is 23.7 Å². The number of imidazole rings is 1. The monoisotopic (exact) mass is 506 g/mol. The average molecular weight is 507 g/mol. The molecule has 1 aliphatic heterocycles. The summed E-state index contributed by atoms with van der Waals surface area (Å²) >= 11 is 6.41. The summed E-state index contributed by atoms with van der Waals surface area (Å²) in [6.45, 7) is 4.29. The van der Waals surface area contributed by atoms with E-state index < -0.39 is 9.84 Å². The van der Waals surface area contributed by atoms with Crippen molar-refractivity contribution in [3.8, 4) is 5.75 Å². The third-order valence-corrected chi connectivity index (χ3v) is 8.10. The number of aryl methyl sites for hydroxylation is 2. The van der Waals surface area contributed by atoms with Gasteiger partial charge in [-0.3, -0.25) is 13.9 Å². The lowest BCUT2D eigenvalue weighted by Crippen LogP contribution is -2.39. The zero-order valence-electron chi connectivity index (χ0n) is 19.3. The summed E-state index contributed by atoms with van der Waals surface area (Å²) in [5.41, 5.74) is 0.810. The molecule has 0 bridgehead atoms.